The number of thioether (sulfide) groups is 1. The SMILES string of the molecule is CO.COc1nc2ccccc2cc1-c1cnc(CCCCC[N-]c2ccccc2SC)[nH]1.Cn1cc([NH-])cn1.[Y].[Y]. The third-order valence-electron chi connectivity index (χ3n) is 5.94. The van der Waals surface area contributed by atoms with E-state index < -0.39 is 0 Å². The Kier molecular flexibility index (Phi) is 19.1. The van der Waals surface area contributed by atoms with E-state index in [-0.39, 0.29) is 65.4 Å². The van der Waals surface area contributed by atoms with Crippen LogP contribution in [0.25, 0.3) is 33.2 Å². The summed E-state index contributed by atoms with van der Waals surface area (Å²) in [5.41, 5.74) is 11.3. The fraction of sp³-hybridized carbons (Fsp3) is 0.300. The van der Waals surface area contributed by atoms with Gasteiger partial charge in [-0.15, -0.1) is 29.7 Å². The number of nitrogens with one attached hydrogen (secondary N) is 2. The van der Waals surface area contributed by atoms with Gasteiger partial charge in [-0.25, -0.2) is 9.97 Å². The van der Waals surface area contributed by atoms with Crippen LogP contribution in [0.1, 0.15) is 25.1 Å². The first-order valence-corrected chi connectivity index (χ1v) is 14.2. The van der Waals surface area contributed by atoms with Crippen molar-refractivity contribution >= 4 is 34.0 Å². The van der Waals surface area contributed by atoms with Gasteiger partial charge < -0.3 is 25.9 Å². The molecule has 2 radical (unpaired) electrons. The predicted octanol–water partition coefficient (Wildman–Crippen LogP) is 7.48. The molecule has 0 atom stereocenters. The monoisotopic (exact) mass is 737 g/mol. The van der Waals surface area contributed by atoms with Crippen molar-refractivity contribution in [2.24, 2.45) is 7.05 Å². The number of aryl methyl sites for hydroxylation is 2. The summed E-state index contributed by atoms with van der Waals surface area (Å²) in [6.45, 7) is 0.862. The number of unbranched alkanes of at least 4 members (excludes halogenated alkanes) is 2. The average Bonchev–Trinajstić information content (AvgIpc) is 3.63. The third-order valence-corrected chi connectivity index (χ3v) is 6.73. The maximum Gasteiger partial charge on any atom is 0.223 e. The molecule has 3 heterocycles. The molecule has 0 bridgehead atoms. The summed E-state index contributed by atoms with van der Waals surface area (Å²) in [5.74, 6) is 1.61. The van der Waals surface area contributed by atoms with Gasteiger partial charge in [-0.1, -0.05) is 49.2 Å². The number of ether oxygens (including phenoxy) is 1. The zero-order chi connectivity index (χ0) is 28.7. The maximum atomic E-state index is 7.00. The minimum atomic E-state index is 0. The van der Waals surface area contributed by atoms with Gasteiger partial charge in [-0.3, -0.25) is 4.68 Å². The van der Waals surface area contributed by atoms with E-state index in [1.54, 1.807) is 36.8 Å². The molecule has 5 aromatic rings. The molecular weight excluding hydrogens is 700 g/mol. The first-order valence-electron chi connectivity index (χ1n) is 13.0. The van der Waals surface area contributed by atoms with Crippen LogP contribution < -0.4 is 4.74 Å². The number of imidazole rings is 1. The number of para-hydroxylation sites is 2. The van der Waals surface area contributed by atoms with Gasteiger partial charge >= 0.3 is 0 Å². The normalized spacial score (nSPS) is 9.83. The Morgan fingerprint density at radius 2 is 1.76 bits per heavy atom. The van der Waals surface area contributed by atoms with Gasteiger partial charge in [-0.2, -0.15) is 5.10 Å². The van der Waals surface area contributed by atoms with Gasteiger partial charge in [0.05, 0.1) is 30.1 Å². The van der Waals surface area contributed by atoms with Gasteiger partial charge in [-0.05, 0) is 35.8 Å². The van der Waals surface area contributed by atoms with Crippen LogP contribution in [0, 0.1) is 0 Å². The van der Waals surface area contributed by atoms with Crippen molar-refractivity contribution in [2.75, 3.05) is 27.0 Å². The minimum Gasteiger partial charge on any atom is -0.696 e. The molecule has 0 fully saturated rings. The van der Waals surface area contributed by atoms with E-state index in [9.17, 15) is 0 Å². The molecule has 9 nitrogen and oxygen atoms in total. The Bertz CT molecular complexity index is 1450. The Balaban J connectivity index is 0.000000696. The number of aliphatic hydroxyl groups is 1. The molecule has 0 aliphatic carbocycles. The van der Waals surface area contributed by atoms with Crippen molar-refractivity contribution in [3.63, 3.8) is 0 Å². The molecule has 218 valence electrons. The first-order chi connectivity index (χ1) is 19.6. The van der Waals surface area contributed by atoms with E-state index in [1.165, 1.54) is 11.1 Å². The van der Waals surface area contributed by atoms with Crippen molar-refractivity contribution < 1.29 is 75.3 Å². The Morgan fingerprint density at radius 1 is 1.02 bits per heavy atom. The molecule has 0 amide bonds. The van der Waals surface area contributed by atoms with E-state index in [2.05, 4.69) is 56.6 Å². The largest absolute Gasteiger partial charge is 0.696 e. The molecule has 0 aliphatic rings. The third kappa shape index (κ3) is 11.7. The van der Waals surface area contributed by atoms with E-state index in [0.29, 0.717) is 11.6 Å². The Morgan fingerprint density at radius 3 is 2.43 bits per heavy atom. The number of nitrogens with zero attached hydrogens (tertiary/aromatic N) is 5. The molecule has 12 heteroatoms. The van der Waals surface area contributed by atoms with E-state index in [0.717, 1.165) is 73.0 Å². The van der Waals surface area contributed by atoms with Crippen LogP contribution in [0.4, 0.5) is 11.4 Å². The van der Waals surface area contributed by atoms with Crippen LogP contribution in [0.3, 0.4) is 0 Å². The molecule has 42 heavy (non-hydrogen) atoms. The first kappa shape index (κ1) is 38.2. The van der Waals surface area contributed by atoms with Crippen molar-refractivity contribution in [3.8, 4) is 17.1 Å². The van der Waals surface area contributed by atoms with Crippen molar-refractivity contribution in [1.82, 2.24) is 24.7 Å². The van der Waals surface area contributed by atoms with Crippen molar-refractivity contribution in [1.29, 1.82) is 0 Å². The fourth-order valence-corrected chi connectivity index (χ4v) is 4.59. The topological polar surface area (TPSA) is 127 Å². The standard InChI is InChI=1S/C25H27N4OS.C4H6N3.CH4O.2Y/c1-30-25-19(16-18-10-5-6-11-20(18)29-25)22-17-27-24(28-22)14-4-3-9-15-26-21-12-7-8-13-23(21)31-2;1-7-3-4(5)2-6-7;1-2;;/h5-8,10-13,16-17H,3-4,9,14-15H2,1-2H3,(H,27,28);2-3,5H,1H3;2H,1H3;;/q2*-1;;;. The molecular formula is C30H37N7O2SY2-2. The Hall–Kier alpha value is -1.81. The van der Waals surface area contributed by atoms with Crippen molar-refractivity contribution in [2.45, 2.75) is 30.6 Å². The maximum absolute atomic E-state index is 7.00. The molecule has 0 saturated carbocycles. The molecule has 3 N–H and O–H groups in total. The van der Waals surface area contributed by atoms with Crippen molar-refractivity contribution in [3.05, 3.63) is 90.1 Å². The number of methoxy groups -OCH3 is 1. The smallest absolute Gasteiger partial charge is 0.223 e. The second-order valence-corrected chi connectivity index (χ2v) is 9.60. The number of benzene rings is 2. The van der Waals surface area contributed by atoms with Gasteiger partial charge in [0.25, 0.3) is 0 Å². The van der Waals surface area contributed by atoms with Crippen LogP contribution in [0.2, 0.25) is 0 Å². The molecule has 0 unspecified atom stereocenters. The number of aliphatic hydroxyl groups excluding tert-OH is 1. The van der Waals surface area contributed by atoms with E-state index in [1.807, 2.05) is 30.5 Å². The number of aromatic amines is 1. The number of rotatable bonds is 10. The van der Waals surface area contributed by atoms with Gasteiger partial charge in [0.2, 0.25) is 5.88 Å². The summed E-state index contributed by atoms with van der Waals surface area (Å²) in [7, 11) is 4.44. The number of fused-ring (bicyclic) bond motifs is 1. The average molecular weight is 738 g/mol. The second-order valence-electron chi connectivity index (χ2n) is 8.75. The zero-order valence-electron chi connectivity index (χ0n) is 24.6. The molecule has 2 aromatic carbocycles. The molecule has 5 rings (SSSR count). The summed E-state index contributed by atoms with van der Waals surface area (Å²) in [6.07, 6.45) is 11.3. The Labute approximate surface area is 303 Å². The number of aromatic nitrogens is 5. The van der Waals surface area contributed by atoms with Crippen LogP contribution in [-0.4, -0.2) is 56.9 Å². The van der Waals surface area contributed by atoms with E-state index >= 15 is 0 Å². The summed E-state index contributed by atoms with van der Waals surface area (Å²) in [5, 5.41) is 16.6. The van der Waals surface area contributed by atoms with Crippen LogP contribution in [0.15, 0.2) is 78.1 Å². The van der Waals surface area contributed by atoms with Gasteiger partial charge in [0, 0.05) is 104 Å². The number of hydrogen-bond acceptors (Lipinski definition) is 6. The summed E-state index contributed by atoms with van der Waals surface area (Å²) >= 11 is 1.74. The molecule has 0 saturated heterocycles. The predicted molar refractivity (Wildman–Crippen MR) is 165 cm³/mol. The summed E-state index contributed by atoms with van der Waals surface area (Å²) in [6, 6.07) is 18.5. The van der Waals surface area contributed by atoms with Crippen LogP contribution >= 0.6 is 11.8 Å². The molecule has 0 spiro atoms. The van der Waals surface area contributed by atoms with Gasteiger partial charge in [0.1, 0.15) is 5.82 Å². The fourth-order valence-electron chi connectivity index (χ4n) is 4.04. The quantitative estimate of drug-likeness (QED) is 0.113. The number of pyridine rings is 1. The molecule has 0 aliphatic heterocycles. The van der Waals surface area contributed by atoms with Crippen LogP contribution in [0.5, 0.6) is 5.88 Å². The van der Waals surface area contributed by atoms with Gasteiger partial charge in [0.15, 0.2) is 0 Å². The number of H-pyrrole nitrogens is 1. The van der Waals surface area contributed by atoms with Crippen LogP contribution in [-0.2, 0) is 78.9 Å². The summed E-state index contributed by atoms with van der Waals surface area (Å²) < 4.78 is 7.12. The van der Waals surface area contributed by atoms with E-state index in [4.69, 9.17) is 20.9 Å². The summed E-state index contributed by atoms with van der Waals surface area (Å²) in [4.78, 5) is 13.9. The second kappa shape index (κ2) is 21.0. The molecule has 3 aromatic heterocycles. The zero-order valence-corrected chi connectivity index (χ0v) is 31.1. The minimum absolute atomic E-state index is 0. The number of hydrogen-bond donors (Lipinski definition) is 2.